The van der Waals surface area contributed by atoms with Crippen molar-refractivity contribution in [3.8, 4) is 22.5 Å². The topological polar surface area (TPSA) is 87.6 Å². The van der Waals surface area contributed by atoms with Crippen LogP contribution in [-0.4, -0.2) is 38.7 Å². The van der Waals surface area contributed by atoms with Gasteiger partial charge in [0.15, 0.2) is 0 Å². The van der Waals surface area contributed by atoms with Gasteiger partial charge in [-0.15, -0.1) is 0 Å². The van der Waals surface area contributed by atoms with Gasteiger partial charge in [0.05, 0.1) is 11.0 Å². The largest absolute Gasteiger partial charge is 0.349 e. The first-order chi connectivity index (χ1) is 17.1. The van der Waals surface area contributed by atoms with Crippen molar-refractivity contribution >= 4 is 16.9 Å². The number of aromatic amines is 1. The van der Waals surface area contributed by atoms with Gasteiger partial charge in [-0.25, -0.2) is 4.98 Å². The summed E-state index contributed by atoms with van der Waals surface area (Å²) in [6.45, 7) is 4.07. The van der Waals surface area contributed by atoms with Gasteiger partial charge in [0.25, 0.3) is 5.91 Å². The lowest BCUT2D eigenvalue weighted by molar-refractivity contribution is 0.0944. The molecule has 35 heavy (non-hydrogen) atoms. The maximum Gasteiger partial charge on any atom is 0.269 e. The van der Waals surface area contributed by atoms with Crippen molar-refractivity contribution < 1.29 is 4.79 Å². The summed E-state index contributed by atoms with van der Waals surface area (Å²) in [6.07, 6.45) is 1.62. The van der Waals surface area contributed by atoms with E-state index in [1.54, 1.807) is 24.0 Å². The first-order valence-corrected chi connectivity index (χ1v) is 11.7. The molecule has 0 aliphatic heterocycles. The molecule has 2 aromatic heterocycles. The zero-order valence-electron chi connectivity index (χ0n) is 19.9. The molecule has 7 nitrogen and oxygen atoms in total. The summed E-state index contributed by atoms with van der Waals surface area (Å²) in [6, 6.07) is 24.9. The van der Waals surface area contributed by atoms with Gasteiger partial charge in [-0.2, -0.15) is 5.10 Å². The molecular formula is C28H28N6O. The molecule has 3 N–H and O–H groups in total. The first kappa shape index (κ1) is 22.6. The van der Waals surface area contributed by atoms with E-state index in [-0.39, 0.29) is 5.91 Å². The molecule has 5 rings (SSSR count). The van der Waals surface area contributed by atoms with Gasteiger partial charge in [-0.1, -0.05) is 60.7 Å². The molecule has 0 aliphatic carbocycles. The lowest BCUT2D eigenvalue weighted by Crippen LogP contribution is -2.32. The molecule has 2 heterocycles. The van der Waals surface area contributed by atoms with Gasteiger partial charge in [-0.3, -0.25) is 9.48 Å². The molecule has 0 fully saturated rings. The average molecular weight is 465 g/mol. The number of nitrogens with zero attached hydrogens (tertiary/aromatic N) is 3. The molecule has 0 unspecified atom stereocenters. The van der Waals surface area contributed by atoms with E-state index in [2.05, 4.69) is 88.3 Å². The third kappa shape index (κ3) is 5.00. The highest BCUT2D eigenvalue weighted by Gasteiger charge is 2.09. The number of hydrogen-bond acceptors (Lipinski definition) is 4. The fraction of sp³-hybridized carbons (Fsp3) is 0.179. The van der Waals surface area contributed by atoms with Crippen molar-refractivity contribution in [3.63, 3.8) is 0 Å². The van der Waals surface area contributed by atoms with E-state index in [1.165, 1.54) is 22.3 Å². The molecule has 0 atom stereocenters. The lowest BCUT2D eigenvalue weighted by Gasteiger charge is -2.08. The minimum absolute atomic E-state index is 0.113. The maximum absolute atomic E-state index is 12.1. The molecule has 7 heteroatoms. The van der Waals surface area contributed by atoms with E-state index in [9.17, 15) is 4.79 Å². The molecule has 3 aromatic carbocycles. The van der Waals surface area contributed by atoms with Crippen molar-refractivity contribution in [3.05, 3.63) is 95.8 Å². The van der Waals surface area contributed by atoms with Crippen LogP contribution in [0.3, 0.4) is 0 Å². The smallest absolute Gasteiger partial charge is 0.269 e. The quantitative estimate of drug-likeness (QED) is 0.296. The number of H-pyrrole nitrogens is 1. The number of rotatable bonds is 8. The van der Waals surface area contributed by atoms with E-state index in [0.717, 1.165) is 29.0 Å². The zero-order valence-corrected chi connectivity index (χ0v) is 19.9. The number of imidazole rings is 1. The number of benzene rings is 3. The summed E-state index contributed by atoms with van der Waals surface area (Å²) < 4.78 is 1.57. The van der Waals surface area contributed by atoms with Gasteiger partial charge < -0.3 is 15.6 Å². The van der Waals surface area contributed by atoms with Gasteiger partial charge >= 0.3 is 0 Å². The molecule has 1 amide bonds. The predicted octanol–water partition coefficient (Wildman–Crippen LogP) is 4.46. The van der Waals surface area contributed by atoms with Crippen molar-refractivity contribution in [1.82, 2.24) is 30.4 Å². The van der Waals surface area contributed by atoms with Gasteiger partial charge in [0.2, 0.25) is 0 Å². The van der Waals surface area contributed by atoms with Gasteiger partial charge in [0.1, 0.15) is 11.5 Å². The summed E-state index contributed by atoms with van der Waals surface area (Å²) >= 11 is 0. The number of carbonyl (C=O) groups excluding carboxylic acids is 1. The van der Waals surface area contributed by atoms with Crippen LogP contribution < -0.4 is 10.6 Å². The fourth-order valence-electron chi connectivity index (χ4n) is 4.13. The molecule has 0 saturated carbocycles. The van der Waals surface area contributed by atoms with E-state index in [0.29, 0.717) is 18.8 Å². The van der Waals surface area contributed by atoms with Crippen LogP contribution >= 0.6 is 0 Å². The van der Waals surface area contributed by atoms with Gasteiger partial charge in [0, 0.05) is 38.4 Å². The molecule has 176 valence electrons. The summed E-state index contributed by atoms with van der Waals surface area (Å²) in [5, 5.41) is 10.3. The van der Waals surface area contributed by atoms with Crippen molar-refractivity contribution in [2.45, 2.75) is 13.5 Å². The molecular weight excluding hydrogens is 436 g/mol. The number of carbonyl (C=O) groups is 1. The number of fused-ring (bicyclic) bond motifs is 1. The Balaban J connectivity index is 1.14. The van der Waals surface area contributed by atoms with Crippen LogP contribution in [0.5, 0.6) is 0 Å². The molecule has 0 aliphatic rings. The van der Waals surface area contributed by atoms with E-state index in [1.807, 2.05) is 6.07 Å². The standard InChI is InChI=1S/C28H28N6O/c1-19-4-3-5-24-26(19)33-27(32-24)23-12-10-22(11-13-23)21-8-6-20(7-9-21)18-29-16-17-30-28(35)25-14-15-31-34(25)2/h3-15,29H,16-18H2,1-2H3,(H,30,35)(H,32,33). The van der Waals surface area contributed by atoms with Gasteiger partial charge in [-0.05, 0) is 41.3 Å². The molecule has 0 bridgehead atoms. The van der Waals surface area contributed by atoms with Crippen LogP contribution in [0.25, 0.3) is 33.5 Å². The fourth-order valence-corrected chi connectivity index (χ4v) is 4.13. The number of aromatic nitrogens is 4. The Hall–Kier alpha value is -4.23. The Morgan fingerprint density at radius 3 is 2.31 bits per heavy atom. The SMILES string of the molecule is Cc1cccc2[nH]c(-c3ccc(-c4ccc(CNCCNC(=O)c5ccnn5C)cc4)cc3)nc12. The Morgan fingerprint density at radius 2 is 1.63 bits per heavy atom. The second kappa shape index (κ2) is 9.95. The third-order valence-corrected chi connectivity index (χ3v) is 6.13. The van der Waals surface area contributed by atoms with Crippen LogP contribution in [0.1, 0.15) is 21.6 Å². The predicted molar refractivity (Wildman–Crippen MR) is 139 cm³/mol. The van der Waals surface area contributed by atoms with E-state index >= 15 is 0 Å². The highest BCUT2D eigenvalue weighted by Crippen LogP contribution is 2.26. The maximum atomic E-state index is 12.1. The molecule has 0 saturated heterocycles. The number of aryl methyl sites for hydroxylation is 2. The Bertz CT molecular complexity index is 1450. The number of hydrogen-bond donors (Lipinski definition) is 3. The summed E-state index contributed by atoms with van der Waals surface area (Å²) in [4.78, 5) is 20.3. The first-order valence-electron chi connectivity index (χ1n) is 11.7. The number of nitrogens with one attached hydrogen (secondary N) is 3. The molecule has 0 spiro atoms. The Morgan fingerprint density at radius 1 is 0.914 bits per heavy atom. The summed E-state index contributed by atoms with van der Waals surface area (Å²) in [5.74, 6) is 0.774. The zero-order chi connectivity index (χ0) is 24.2. The van der Waals surface area contributed by atoms with Crippen molar-refractivity contribution in [2.75, 3.05) is 13.1 Å². The van der Waals surface area contributed by atoms with Crippen LogP contribution in [0, 0.1) is 6.92 Å². The molecule has 0 radical (unpaired) electrons. The van der Waals surface area contributed by atoms with E-state index < -0.39 is 0 Å². The van der Waals surface area contributed by atoms with Crippen LogP contribution in [-0.2, 0) is 13.6 Å². The third-order valence-electron chi connectivity index (χ3n) is 6.13. The van der Waals surface area contributed by atoms with Crippen molar-refractivity contribution in [1.29, 1.82) is 0 Å². The van der Waals surface area contributed by atoms with Crippen LogP contribution in [0.2, 0.25) is 0 Å². The Labute approximate surface area is 204 Å². The highest BCUT2D eigenvalue weighted by molar-refractivity contribution is 5.92. The number of para-hydroxylation sites is 1. The summed E-state index contributed by atoms with van der Waals surface area (Å²) in [5.41, 5.74) is 8.41. The Kier molecular flexibility index (Phi) is 6.41. The second-order valence-corrected chi connectivity index (χ2v) is 8.60. The molecule has 5 aromatic rings. The minimum atomic E-state index is -0.113. The van der Waals surface area contributed by atoms with E-state index in [4.69, 9.17) is 4.98 Å². The second-order valence-electron chi connectivity index (χ2n) is 8.60. The van der Waals surface area contributed by atoms with Crippen molar-refractivity contribution in [2.24, 2.45) is 7.05 Å². The average Bonchev–Trinajstić information content (AvgIpc) is 3.51. The summed E-state index contributed by atoms with van der Waals surface area (Å²) in [7, 11) is 1.76. The minimum Gasteiger partial charge on any atom is -0.349 e. The highest BCUT2D eigenvalue weighted by atomic mass is 16.2. The van der Waals surface area contributed by atoms with Crippen LogP contribution in [0.15, 0.2) is 79.0 Å². The lowest BCUT2D eigenvalue weighted by atomic mass is 10.0. The number of amides is 1. The van der Waals surface area contributed by atoms with Crippen LogP contribution in [0.4, 0.5) is 0 Å². The monoisotopic (exact) mass is 464 g/mol. The normalized spacial score (nSPS) is 11.1.